The summed E-state index contributed by atoms with van der Waals surface area (Å²) >= 11 is 19.0. The Kier molecular flexibility index (Phi) is 8.11. The van der Waals surface area contributed by atoms with E-state index in [0.717, 1.165) is 39.3 Å². The first-order chi connectivity index (χ1) is 19.8. The summed E-state index contributed by atoms with van der Waals surface area (Å²) in [6, 6.07) is 17.1. The van der Waals surface area contributed by atoms with E-state index in [4.69, 9.17) is 45.3 Å². The van der Waals surface area contributed by atoms with Crippen molar-refractivity contribution < 1.29 is 9.53 Å². The second-order valence-corrected chi connectivity index (χ2v) is 13.2. The van der Waals surface area contributed by atoms with Gasteiger partial charge in [0.2, 0.25) is 0 Å². The topological polar surface area (TPSA) is 79.4 Å². The van der Waals surface area contributed by atoms with Crippen molar-refractivity contribution in [1.29, 1.82) is 5.26 Å². The predicted octanol–water partition coefficient (Wildman–Crippen LogP) is 9.09. The minimum absolute atomic E-state index is 0.00356. The van der Waals surface area contributed by atoms with Crippen LogP contribution < -0.4 is 15.4 Å². The molecule has 0 amide bonds. The number of hydrogen-bond acceptors (Lipinski definition) is 5. The maximum Gasteiger partial charge on any atom is 0.162 e. The van der Waals surface area contributed by atoms with E-state index in [1.54, 1.807) is 29.2 Å². The number of nitrogens with zero attached hydrogens (tertiary/aromatic N) is 2. The molecule has 42 heavy (non-hydrogen) atoms. The van der Waals surface area contributed by atoms with E-state index in [1.807, 2.05) is 39.0 Å². The zero-order valence-corrected chi connectivity index (χ0v) is 26.5. The number of ketones is 1. The molecule has 0 spiro atoms. The lowest BCUT2D eigenvalue weighted by Gasteiger charge is -2.44. The highest BCUT2D eigenvalue weighted by molar-refractivity contribution is 6.36. The van der Waals surface area contributed by atoms with Gasteiger partial charge < -0.3 is 10.5 Å². The van der Waals surface area contributed by atoms with Crippen LogP contribution in [0.25, 0.3) is 0 Å². The maximum atomic E-state index is 14.0. The number of aryl methyl sites for hydroxylation is 3. The average molecular weight is 621 g/mol. The van der Waals surface area contributed by atoms with Gasteiger partial charge in [0.1, 0.15) is 18.2 Å². The Morgan fingerprint density at radius 2 is 1.67 bits per heavy atom. The first-order valence-corrected chi connectivity index (χ1v) is 14.8. The van der Waals surface area contributed by atoms with Crippen LogP contribution in [0.5, 0.6) is 5.75 Å². The van der Waals surface area contributed by atoms with Crippen LogP contribution in [-0.2, 0) is 11.4 Å². The molecule has 3 aromatic carbocycles. The lowest BCUT2D eigenvalue weighted by Crippen LogP contribution is -2.42. The third-order valence-electron chi connectivity index (χ3n) is 8.09. The number of Topliss-reactive ketones (excluding diaryl/α,β-unsaturated/α-hetero) is 1. The zero-order valence-electron chi connectivity index (χ0n) is 24.2. The summed E-state index contributed by atoms with van der Waals surface area (Å²) in [6.45, 7) is 10.4. The molecule has 8 heteroatoms. The van der Waals surface area contributed by atoms with Crippen LogP contribution in [0.3, 0.4) is 0 Å². The van der Waals surface area contributed by atoms with Gasteiger partial charge in [-0.2, -0.15) is 5.26 Å². The van der Waals surface area contributed by atoms with Gasteiger partial charge >= 0.3 is 0 Å². The van der Waals surface area contributed by atoms with Crippen molar-refractivity contribution in [3.05, 3.63) is 114 Å². The Morgan fingerprint density at radius 3 is 2.33 bits per heavy atom. The summed E-state index contributed by atoms with van der Waals surface area (Å²) in [7, 11) is 0. The summed E-state index contributed by atoms with van der Waals surface area (Å²) in [5, 5.41) is 12.0. The minimum Gasteiger partial charge on any atom is -0.489 e. The molecule has 1 aliphatic heterocycles. The van der Waals surface area contributed by atoms with Gasteiger partial charge in [0.05, 0.1) is 28.3 Å². The van der Waals surface area contributed by atoms with Crippen LogP contribution in [0.4, 0.5) is 5.69 Å². The van der Waals surface area contributed by atoms with Crippen molar-refractivity contribution in [2.75, 3.05) is 4.90 Å². The summed E-state index contributed by atoms with van der Waals surface area (Å²) in [4.78, 5) is 15.8. The van der Waals surface area contributed by atoms with E-state index < -0.39 is 5.92 Å². The van der Waals surface area contributed by atoms with Crippen LogP contribution in [-0.4, -0.2) is 5.78 Å². The summed E-state index contributed by atoms with van der Waals surface area (Å²) in [5.74, 6) is 0.375. The second-order valence-electron chi connectivity index (χ2n) is 11.9. The van der Waals surface area contributed by atoms with E-state index in [9.17, 15) is 10.1 Å². The van der Waals surface area contributed by atoms with Crippen molar-refractivity contribution in [2.24, 2.45) is 11.1 Å². The number of carbonyl (C=O) groups excluding carboxylic acids is 1. The second kappa shape index (κ2) is 11.3. The van der Waals surface area contributed by atoms with E-state index in [1.165, 1.54) is 0 Å². The summed E-state index contributed by atoms with van der Waals surface area (Å²) in [5.41, 5.74) is 13.5. The average Bonchev–Trinajstić information content (AvgIpc) is 2.89. The molecule has 1 aliphatic carbocycles. The maximum absolute atomic E-state index is 14.0. The van der Waals surface area contributed by atoms with Gasteiger partial charge in [-0.15, -0.1) is 0 Å². The lowest BCUT2D eigenvalue weighted by atomic mass is 9.68. The number of allylic oxidation sites excluding steroid dienone is 3. The fourth-order valence-electron chi connectivity index (χ4n) is 6.07. The van der Waals surface area contributed by atoms with Crippen molar-refractivity contribution in [2.45, 2.75) is 60.0 Å². The molecule has 0 fully saturated rings. The van der Waals surface area contributed by atoms with Gasteiger partial charge in [-0.1, -0.05) is 60.8 Å². The first-order valence-electron chi connectivity index (χ1n) is 13.7. The molecule has 1 heterocycles. The zero-order chi connectivity index (χ0) is 30.5. The molecular weight excluding hydrogens is 589 g/mol. The Hall–Kier alpha value is -3.43. The molecule has 216 valence electrons. The number of benzene rings is 3. The molecule has 1 unspecified atom stereocenters. The van der Waals surface area contributed by atoms with E-state index in [-0.39, 0.29) is 17.0 Å². The van der Waals surface area contributed by atoms with Crippen molar-refractivity contribution in [3.8, 4) is 11.8 Å². The fourth-order valence-corrected chi connectivity index (χ4v) is 6.79. The summed E-state index contributed by atoms with van der Waals surface area (Å²) < 4.78 is 6.19. The summed E-state index contributed by atoms with van der Waals surface area (Å²) in [6.07, 6.45) is 0.944. The number of halogens is 3. The Balaban J connectivity index is 1.67. The molecule has 2 N–H and O–H groups in total. The molecule has 3 aromatic rings. The molecule has 5 nitrogen and oxygen atoms in total. The molecule has 0 radical (unpaired) electrons. The highest BCUT2D eigenvalue weighted by Crippen LogP contribution is 2.51. The van der Waals surface area contributed by atoms with Gasteiger partial charge in [0.15, 0.2) is 5.78 Å². The molecule has 0 saturated carbocycles. The van der Waals surface area contributed by atoms with E-state index >= 15 is 0 Å². The number of hydrogen-bond donors (Lipinski definition) is 1. The molecule has 0 saturated heterocycles. The lowest BCUT2D eigenvalue weighted by molar-refractivity contribution is -0.118. The fraction of sp³-hybridized carbons (Fsp3) is 0.294. The third kappa shape index (κ3) is 5.52. The van der Waals surface area contributed by atoms with E-state index in [2.05, 4.69) is 26.0 Å². The first kappa shape index (κ1) is 30.0. The highest BCUT2D eigenvalue weighted by atomic mass is 35.5. The van der Waals surface area contributed by atoms with Crippen molar-refractivity contribution >= 4 is 46.3 Å². The number of ether oxygens (including phenoxy) is 1. The van der Waals surface area contributed by atoms with Crippen LogP contribution in [0.2, 0.25) is 15.1 Å². The largest absolute Gasteiger partial charge is 0.489 e. The monoisotopic (exact) mass is 619 g/mol. The number of nitriles is 1. The SMILES string of the molecule is Cc1cc(C)c(C2C(C#N)=C(N)N(c3ccc(Cl)cc3Cl)C3=C2C(=O)CC(C)(C)C3)cc1COc1ccc(Cl)cc1C. The Morgan fingerprint density at radius 1 is 0.976 bits per heavy atom. The van der Waals surface area contributed by atoms with Gasteiger partial charge in [-0.3, -0.25) is 9.69 Å². The molecular formula is C34H32Cl3N3O2. The number of carbonyl (C=O) groups is 1. The minimum atomic E-state index is -0.618. The highest BCUT2D eigenvalue weighted by Gasteiger charge is 2.45. The number of anilines is 1. The van der Waals surface area contributed by atoms with Crippen LogP contribution in [0.15, 0.2) is 71.2 Å². The van der Waals surface area contributed by atoms with E-state index in [0.29, 0.717) is 51.4 Å². The van der Waals surface area contributed by atoms with Gasteiger partial charge in [0.25, 0.3) is 0 Å². The predicted molar refractivity (Wildman–Crippen MR) is 170 cm³/mol. The molecule has 0 aromatic heterocycles. The normalized spacial score (nSPS) is 18.2. The van der Waals surface area contributed by atoms with Gasteiger partial charge in [-0.25, -0.2) is 0 Å². The smallest absolute Gasteiger partial charge is 0.162 e. The number of nitrogens with two attached hydrogens (primary N) is 1. The standard InChI is InChI=1S/C34H32Cl3N3O2/c1-18-10-19(2)24(12-21(18)17-42-30-9-7-22(35)11-20(30)3)31-25(16-38)33(39)40(27-8-6-23(36)13-26(27)37)28-14-34(4,5)15-29(41)32(28)31/h6-13,31H,14-15,17,39H2,1-5H3. The van der Waals surface area contributed by atoms with Gasteiger partial charge in [-0.05, 0) is 96.8 Å². The van der Waals surface area contributed by atoms with Crippen molar-refractivity contribution in [1.82, 2.24) is 0 Å². The van der Waals surface area contributed by atoms with Crippen LogP contribution in [0, 0.1) is 37.5 Å². The van der Waals surface area contributed by atoms with Crippen LogP contribution >= 0.6 is 34.8 Å². The number of rotatable bonds is 5. The van der Waals surface area contributed by atoms with Crippen LogP contribution in [0.1, 0.15) is 60.4 Å². The third-order valence-corrected chi connectivity index (χ3v) is 8.86. The molecule has 0 bridgehead atoms. The van der Waals surface area contributed by atoms with Gasteiger partial charge in [0, 0.05) is 27.7 Å². The van der Waals surface area contributed by atoms with Crippen molar-refractivity contribution in [3.63, 3.8) is 0 Å². The Bertz CT molecular complexity index is 1730. The Labute approximate surface area is 262 Å². The molecule has 5 rings (SSSR count). The molecule has 2 aliphatic rings. The quantitative estimate of drug-likeness (QED) is 0.308. The molecule has 1 atom stereocenters.